The van der Waals surface area contributed by atoms with E-state index in [0.717, 1.165) is 17.4 Å². The smallest absolute Gasteiger partial charge is 0.173 e. The molecule has 0 atom stereocenters. The number of nitrogens with zero attached hydrogens (tertiary/aromatic N) is 3. The number of hydrogen-bond acceptors (Lipinski definition) is 9. The molecule has 0 radical (unpaired) electrons. The molecule has 4 aromatic carbocycles. The van der Waals surface area contributed by atoms with Gasteiger partial charge in [0.25, 0.3) is 0 Å². The van der Waals surface area contributed by atoms with Gasteiger partial charge in [-0.3, -0.25) is 0 Å². The van der Waals surface area contributed by atoms with Crippen LogP contribution in [0.2, 0.25) is 0 Å². The quantitative estimate of drug-likeness (QED) is 0.175. The lowest BCUT2D eigenvalue weighted by Crippen LogP contribution is -2.43. The topological polar surface area (TPSA) is 177 Å². The Morgan fingerprint density at radius 1 is 0.478 bits per heavy atom. The fraction of sp³-hybridized carbons (Fsp3) is 0.270. The summed E-state index contributed by atoms with van der Waals surface area (Å²) in [5.41, 5.74) is 21.0. The summed E-state index contributed by atoms with van der Waals surface area (Å²) in [6.07, 6.45) is 6.00. The fourth-order valence-corrected chi connectivity index (χ4v) is 8.03. The Morgan fingerprint density at radius 2 is 0.870 bits per heavy atom. The summed E-state index contributed by atoms with van der Waals surface area (Å²) in [4.78, 5) is 0. The van der Waals surface area contributed by atoms with Crippen molar-refractivity contribution in [3.8, 4) is 52.7 Å². The van der Waals surface area contributed by atoms with Gasteiger partial charge in [-0.1, -0.05) is 0 Å². The van der Waals surface area contributed by atoms with Gasteiger partial charge in [0.15, 0.2) is 11.5 Å². The monoisotopic (exact) mass is 608 g/mol. The molecule has 4 fully saturated rings. The highest BCUT2D eigenvalue weighted by molar-refractivity contribution is 5.62. The third kappa shape index (κ3) is 5.36. The number of nitrogen functional groups attached to an aromatic ring is 3. The van der Waals surface area contributed by atoms with Crippen LogP contribution in [0.4, 0.5) is 17.1 Å². The molecule has 4 aliphatic carbocycles. The zero-order valence-corrected chi connectivity index (χ0v) is 25.1. The molecule has 4 aliphatic rings. The number of rotatable bonds is 7. The average Bonchev–Trinajstić information content (AvgIpc) is 3.04. The highest BCUT2D eigenvalue weighted by Crippen LogP contribution is 2.62. The first kappa shape index (κ1) is 28.9. The van der Waals surface area contributed by atoms with Crippen molar-refractivity contribution in [3.63, 3.8) is 0 Å². The second kappa shape index (κ2) is 11.6. The maximum absolute atomic E-state index is 9.90. The van der Waals surface area contributed by atoms with Gasteiger partial charge in [0.05, 0.1) is 16.7 Å². The number of nitrogens with two attached hydrogens (primary N) is 3. The molecule has 9 heteroatoms. The Morgan fingerprint density at radius 3 is 1.28 bits per heavy atom. The van der Waals surface area contributed by atoms with Gasteiger partial charge < -0.3 is 31.4 Å². The van der Waals surface area contributed by atoms with Crippen LogP contribution < -0.4 is 31.4 Å². The summed E-state index contributed by atoms with van der Waals surface area (Å²) >= 11 is 0. The minimum Gasteiger partial charge on any atom is -0.456 e. The molecule has 228 valence electrons. The van der Waals surface area contributed by atoms with Crippen molar-refractivity contribution in [2.24, 2.45) is 23.7 Å². The van der Waals surface area contributed by atoms with Crippen LogP contribution in [-0.2, 0) is 0 Å². The minimum atomic E-state index is 0.214. The van der Waals surface area contributed by atoms with Gasteiger partial charge in [0.1, 0.15) is 41.2 Å². The number of hydrogen-bond donors (Lipinski definition) is 3. The van der Waals surface area contributed by atoms with Crippen molar-refractivity contribution in [2.75, 3.05) is 17.2 Å². The van der Waals surface area contributed by atoms with Crippen LogP contribution in [0.5, 0.6) is 34.5 Å². The van der Waals surface area contributed by atoms with Gasteiger partial charge in [0, 0.05) is 28.7 Å². The van der Waals surface area contributed by atoms with E-state index in [4.69, 9.17) is 31.4 Å². The van der Waals surface area contributed by atoms with Crippen molar-refractivity contribution < 1.29 is 14.2 Å². The summed E-state index contributed by atoms with van der Waals surface area (Å²) in [5.74, 6) is 4.83. The van der Waals surface area contributed by atoms with E-state index >= 15 is 0 Å². The maximum Gasteiger partial charge on any atom is 0.173 e. The van der Waals surface area contributed by atoms with Gasteiger partial charge in [-0.2, -0.15) is 15.8 Å². The average molecular weight is 609 g/mol. The van der Waals surface area contributed by atoms with Crippen molar-refractivity contribution in [2.45, 2.75) is 38.0 Å². The Labute approximate surface area is 267 Å². The first-order chi connectivity index (χ1) is 22.3. The van der Waals surface area contributed by atoms with E-state index in [1.807, 2.05) is 6.07 Å². The van der Waals surface area contributed by atoms with Crippen LogP contribution in [0.1, 0.15) is 60.3 Å². The molecule has 0 spiro atoms. The van der Waals surface area contributed by atoms with E-state index in [1.54, 1.807) is 54.6 Å². The molecular formula is C37H32N6O3. The molecule has 9 nitrogen and oxygen atoms in total. The molecule has 0 heterocycles. The van der Waals surface area contributed by atoms with Crippen LogP contribution in [0.15, 0.2) is 66.7 Å². The lowest BCUT2D eigenvalue weighted by molar-refractivity contribution is -0.00341. The number of benzene rings is 4. The van der Waals surface area contributed by atoms with Crippen LogP contribution in [-0.4, -0.2) is 0 Å². The van der Waals surface area contributed by atoms with Gasteiger partial charge in [-0.25, -0.2) is 0 Å². The van der Waals surface area contributed by atoms with Crippen molar-refractivity contribution in [3.05, 3.63) is 89.0 Å². The van der Waals surface area contributed by atoms with Crippen LogP contribution in [0.3, 0.4) is 0 Å². The molecule has 0 aromatic heterocycles. The van der Waals surface area contributed by atoms with E-state index in [-0.39, 0.29) is 28.5 Å². The van der Waals surface area contributed by atoms with E-state index in [0.29, 0.717) is 57.5 Å². The van der Waals surface area contributed by atoms with E-state index in [9.17, 15) is 15.8 Å². The first-order valence-corrected chi connectivity index (χ1v) is 15.4. The lowest BCUT2D eigenvalue weighted by Gasteiger charge is -2.54. The summed E-state index contributed by atoms with van der Waals surface area (Å²) in [5, 5.41) is 29.6. The van der Waals surface area contributed by atoms with E-state index in [1.165, 1.54) is 38.2 Å². The van der Waals surface area contributed by atoms with Crippen molar-refractivity contribution >= 4 is 17.1 Å². The second-order valence-electron chi connectivity index (χ2n) is 12.7. The Hall–Kier alpha value is -5.85. The molecule has 8 rings (SSSR count). The largest absolute Gasteiger partial charge is 0.456 e. The Bertz CT molecular complexity index is 1960. The summed E-state index contributed by atoms with van der Waals surface area (Å²) in [7, 11) is 0. The molecule has 4 saturated carbocycles. The summed E-state index contributed by atoms with van der Waals surface area (Å²) in [6.45, 7) is 0. The van der Waals surface area contributed by atoms with E-state index < -0.39 is 0 Å². The van der Waals surface area contributed by atoms with Gasteiger partial charge in [-0.05, 0) is 122 Å². The summed E-state index contributed by atoms with van der Waals surface area (Å²) < 4.78 is 19.5. The van der Waals surface area contributed by atoms with Gasteiger partial charge in [0.2, 0.25) is 0 Å². The predicted molar refractivity (Wildman–Crippen MR) is 173 cm³/mol. The van der Waals surface area contributed by atoms with Crippen molar-refractivity contribution in [1.82, 2.24) is 0 Å². The molecule has 0 amide bonds. The number of nitriles is 3. The normalized spacial score (nSPS) is 22.3. The second-order valence-corrected chi connectivity index (χ2v) is 12.7. The predicted octanol–water partition coefficient (Wildman–Crippen LogP) is 7.96. The number of ether oxygens (including phenoxy) is 3. The van der Waals surface area contributed by atoms with Gasteiger partial charge >= 0.3 is 0 Å². The minimum absolute atomic E-state index is 0.214. The molecule has 0 aliphatic heterocycles. The molecule has 4 bridgehead atoms. The van der Waals surface area contributed by atoms with Crippen LogP contribution in [0.25, 0.3) is 0 Å². The third-order valence-electron chi connectivity index (χ3n) is 9.69. The highest BCUT2D eigenvalue weighted by atomic mass is 16.5. The van der Waals surface area contributed by atoms with Crippen LogP contribution >= 0.6 is 0 Å². The van der Waals surface area contributed by atoms with Crippen molar-refractivity contribution in [1.29, 1.82) is 15.8 Å². The molecule has 0 unspecified atom stereocenters. The van der Waals surface area contributed by atoms with Gasteiger partial charge in [-0.15, -0.1) is 0 Å². The molecule has 0 saturated heterocycles. The standard InChI is InChI=1S/C37H32N6O3/c38-17-24-12-27(41)1-4-31(24)44-34-16-36(46-33-6-3-29(43)14-26(33)19-40)35(45-32-5-2-28(42)13-25(32)18-39)15-30(34)37-22-8-20-7-21(10-22)11-23(37)9-20/h1-6,12-16,20-23,37H,7-11,41-43H2. The molecule has 4 aromatic rings. The fourth-order valence-electron chi connectivity index (χ4n) is 8.03. The zero-order valence-electron chi connectivity index (χ0n) is 25.1. The molecule has 6 N–H and O–H groups in total. The highest BCUT2D eigenvalue weighted by Gasteiger charge is 2.49. The first-order valence-electron chi connectivity index (χ1n) is 15.4. The van der Waals surface area contributed by atoms with Crippen LogP contribution in [0, 0.1) is 57.7 Å². The SMILES string of the molecule is N#Cc1cc(N)ccc1Oc1cc(Oc2ccc(N)cc2C#N)c(C2C3CC4CC(C3)CC2C4)cc1Oc1ccc(N)cc1C#N. The zero-order chi connectivity index (χ0) is 31.9. The maximum atomic E-state index is 9.90. The summed E-state index contributed by atoms with van der Waals surface area (Å²) in [6, 6.07) is 24.9. The molecule has 46 heavy (non-hydrogen) atoms. The lowest BCUT2D eigenvalue weighted by atomic mass is 9.50. The Kier molecular flexibility index (Phi) is 7.27. The Balaban J connectivity index is 1.41. The third-order valence-corrected chi connectivity index (χ3v) is 9.69. The van der Waals surface area contributed by atoms with E-state index in [2.05, 4.69) is 18.2 Å². The molecular weight excluding hydrogens is 576 g/mol. The number of anilines is 3.